The summed E-state index contributed by atoms with van der Waals surface area (Å²) < 4.78 is 0. The lowest BCUT2D eigenvalue weighted by atomic mass is 9.49. The Labute approximate surface area is 155 Å². The van der Waals surface area contributed by atoms with E-state index in [1.165, 1.54) is 38.5 Å². The fourth-order valence-electron chi connectivity index (χ4n) is 6.40. The van der Waals surface area contributed by atoms with Gasteiger partial charge in [-0.2, -0.15) is 5.43 Å². The van der Waals surface area contributed by atoms with Gasteiger partial charge in [0.05, 0.1) is 17.1 Å². The van der Waals surface area contributed by atoms with Crippen molar-refractivity contribution in [3.8, 4) is 0 Å². The maximum atomic E-state index is 5.17. The summed E-state index contributed by atoms with van der Waals surface area (Å²) >= 11 is 0. The molecule has 0 amide bonds. The molecule has 2 aromatic carbocycles. The first kappa shape index (κ1) is 14.8. The molecular weight excluding hydrogens is 318 g/mol. The molecule has 5 aliphatic rings. The van der Waals surface area contributed by atoms with E-state index in [9.17, 15) is 0 Å². The predicted molar refractivity (Wildman–Crippen MR) is 105 cm³/mol. The number of nitrogens with zero attached hydrogens (tertiary/aromatic N) is 3. The molecule has 0 N–H and O–H groups in total. The molecule has 0 atom stereocenters. The molecule has 4 fully saturated rings. The maximum absolute atomic E-state index is 5.17. The van der Waals surface area contributed by atoms with Gasteiger partial charge in [-0.25, -0.2) is 10.0 Å². The second-order valence-corrected chi connectivity index (χ2v) is 8.87. The first-order chi connectivity index (χ1) is 12.8. The van der Waals surface area contributed by atoms with Gasteiger partial charge in [0.15, 0.2) is 5.84 Å². The number of aliphatic imine (C=N–C) groups is 1. The van der Waals surface area contributed by atoms with Crippen LogP contribution in [0.15, 0.2) is 59.6 Å². The van der Waals surface area contributed by atoms with Crippen molar-refractivity contribution in [2.24, 2.45) is 28.2 Å². The molecule has 7 rings (SSSR count). The maximum Gasteiger partial charge on any atom is 0.156 e. The van der Waals surface area contributed by atoms with Crippen molar-refractivity contribution >= 4 is 22.9 Å². The van der Waals surface area contributed by atoms with Gasteiger partial charge in [0, 0.05) is 5.41 Å². The summed E-state index contributed by atoms with van der Waals surface area (Å²) in [5.41, 5.74) is 8.66. The van der Waals surface area contributed by atoms with Crippen LogP contribution in [0.5, 0.6) is 0 Å². The number of hydrogen-bond acceptors (Lipinski definition) is 2. The number of rotatable bonds is 2. The van der Waals surface area contributed by atoms with Crippen LogP contribution in [0.25, 0.3) is 0 Å². The normalized spacial score (nSPS) is 34.2. The number of anilines is 2. The van der Waals surface area contributed by atoms with Crippen molar-refractivity contribution in [2.75, 3.05) is 5.01 Å². The topological polar surface area (TPSA) is 29.7 Å². The fourth-order valence-corrected chi connectivity index (χ4v) is 6.40. The largest absolute Gasteiger partial charge is 0.230 e. The first-order valence-electron chi connectivity index (χ1n) is 10.0. The summed E-state index contributed by atoms with van der Waals surface area (Å²) in [6.45, 7) is 0. The molecule has 2 aromatic rings. The molecule has 131 valence electrons. The lowest BCUT2D eigenvalue weighted by Crippen LogP contribution is -2.54. The van der Waals surface area contributed by atoms with E-state index in [2.05, 4.69) is 59.6 Å². The predicted octanol–water partition coefficient (Wildman–Crippen LogP) is 5.60. The van der Waals surface area contributed by atoms with Crippen molar-refractivity contribution in [3.05, 3.63) is 54.6 Å². The highest BCUT2D eigenvalue weighted by Gasteiger charge is 2.54. The van der Waals surface area contributed by atoms with Gasteiger partial charge < -0.3 is 0 Å². The van der Waals surface area contributed by atoms with Crippen LogP contribution in [0.4, 0.5) is 17.1 Å². The number of benzene rings is 2. The molecule has 3 heteroatoms. The fraction of sp³-hybridized carbons (Fsp3) is 0.435. The Balaban J connectivity index is 1.45. The summed E-state index contributed by atoms with van der Waals surface area (Å²) in [7, 11) is 0. The lowest BCUT2D eigenvalue weighted by Gasteiger charge is -2.57. The van der Waals surface area contributed by atoms with Crippen molar-refractivity contribution in [1.29, 1.82) is 0 Å². The molecule has 0 saturated heterocycles. The molecule has 1 aliphatic heterocycles. The minimum Gasteiger partial charge on any atom is -0.230 e. The van der Waals surface area contributed by atoms with E-state index in [1.807, 2.05) is 0 Å². The quantitative estimate of drug-likeness (QED) is 0.698. The molecule has 4 bridgehead atoms. The molecule has 3 nitrogen and oxygen atoms in total. The van der Waals surface area contributed by atoms with Crippen LogP contribution in [-0.4, -0.2) is 5.84 Å². The molecule has 4 saturated carbocycles. The van der Waals surface area contributed by atoms with Gasteiger partial charge in [-0.1, -0.05) is 30.3 Å². The number of hydrogen-bond donors (Lipinski definition) is 0. The van der Waals surface area contributed by atoms with Crippen LogP contribution < -0.4 is 10.4 Å². The molecule has 0 unspecified atom stereocenters. The van der Waals surface area contributed by atoms with Crippen LogP contribution in [0.1, 0.15) is 38.5 Å². The highest BCUT2D eigenvalue weighted by molar-refractivity contribution is 5.97. The van der Waals surface area contributed by atoms with Gasteiger partial charge in [-0.15, -0.1) is 0 Å². The Kier molecular flexibility index (Phi) is 3.06. The lowest BCUT2D eigenvalue weighted by molar-refractivity contribution is -0.0142. The molecule has 0 aromatic heterocycles. The van der Waals surface area contributed by atoms with Gasteiger partial charge in [-0.3, -0.25) is 0 Å². The SMILES string of the molecule is c1ccc(N2[N]C(C34CC5CC(CC(C5)C3)C4)=Nc3ccccc32)cc1. The minimum absolute atomic E-state index is 0.218. The number of para-hydroxylation sites is 3. The van der Waals surface area contributed by atoms with Crippen LogP contribution in [0.3, 0.4) is 0 Å². The highest BCUT2D eigenvalue weighted by atomic mass is 15.5. The van der Waals surface area contributed by atoms with Gasteiger partial charge in [0.25, 0.3) is 0 Å². The number of fused-ring (bicyclic) bond motifs is 1. The van der Waals surface area contributed by atoms with E-state index < -0.39 is 0 Å². The Bertz CT molecular complexity index is 835. The summed E-state index contributed by atoms with van der Waals surface area (Å²) in [5, 5.41) is 2.12. The average molecular weight is 342 g/mol. The summed E-state index contributed by atoms with van der Waals surface area (Å²) in [6, 6.07) is 19.0. The van der Waals surface area contributed by atoms with Gasteiger partial charge in [0.2, 0.25) is 0 Å². The van der Waals surface area contributed by atoms with Gasteiger partial charge >= 0.3 is 0 Å². The Morgan fingerprint density at radius 1 is 0.769 bits per heavy atom. The zero-order valence-corrected chi connectivity index (χ0v) is 15.0. The summed E-state index contributed by atoms with van der Waals surface area (Å²) in [6.07, 6.45) is 8.24. The van der Waals surface area contributed by atoms with Gasteiger partial charge in [0.1, 0.15) is 0 Å². The molecule has 0 spiro atoms. The zero-order chi connectivity index (χ0) is 17.1. The third-order valence-corrected chi connectivity index (χ3v) is 7.04. The highest BCUT2D eigenvalue weighted by Crippen LogP contribution is 2.61. The van der Waals surface area contributed by atoms with E-state index >= 15 is 0 Å². The van der Waals surface area contributed by atoms with E-state index in [-0.39, 0.29) is 5.41 Å². The van der Waals surface area contributed by atoms with Crippen LogP contribution in [0, 0.1) is 23.2 Å². The Morgan fingerprint density at radius 3 is 2.08 bits per heavy atom. The second-order valence-electron chi connectivity index (χ2n) is 8.87. The van der Waals surface area contributed by atoms with Crippen molar-refractivity contribution < 1.29 is 0 Å². The molecule has 4 aliphatic carbocycles. The van der Waals surface area contributed by atoms with Crippen molar-refractivity contribution in [1.82, 2.24) is 5.43 Å². The van der Waals surface area contributed by atoms with Crippen molar-refractivity contribution in [3.63, 3.8) is 0 Å². The Hall–Kier alpha value is -2.29. The third-order valence-electron chi connectivity index (χ3n) is 7.04. The average Bonchev–Trinajstić information content (AvgIpc) is 2.67. The van der Waals surface area contributed by atoms with E-state index in [0.29, 0.717) is 0 Å². The molecule has 26 heavy (non-hydrogen) atoms. The van der Waals surface area contributed by atoms with E-state index in [1.54, 1.807) is 0 Å². The molecule has 1 heterocycles. The van der Waals surface area contributed by atoms with E-state index in [0.717, 1.165) is 40.7 Å². The van der Waals surface area contributed by atoms with E-state index in [4.69, 9.17) is 10.4 Å². The Morgan fingerprint density at radius 2 is 1.38 bits per heavy atom. The second kappa shape index (κ2) is 5.35. The minimum atomic E-state index is 0.218. The first-order valence-corrected chi connectivity index (χ1v) is 10.0. The van der Waals surface area contributed by atoms with Crippen LogP contribution in [-0.2, 0) is 0 Å². The number of amidine groups is 1. The standard InChI is InChI=1S/C23H24N3/c1-2-6-19(7-3-1)26-21-9-5-4-8-20(21)24-22(25-26)23-13-16-10-17(14-23)12-18(11-16)15-23/h1-9,16-18H,10-15H2. The summed E-state index contributed by atoms with van der Waals surface area (Å²) in [4.78, 5) is 5.12. The van der Waals surface area contributed by atoms with Crippen molar-refractivity contribution in [2.45, 2.75) is 38.5 Å². The zero-order valence-electron chi connectivity index (χ0n) is 15.0. The van der Waals surface area contributed by atoms with Crippen LogP contribution >= 0.6 is 0 Å². The van der Waals surface area contributed by atoms with Crippen LogP contribution in [0.2, 0.25) is 0 Å². The summed E-state index contributed by atoms with van der Waals surface area (Å²) in [5.74, 6) is 3.81. The van der Waals surface area contributed by atoms with Gasteiger partial charge in [-0.05, 0) is 80.5 Å². The third kappa shape index (κ3) is 2.16. The molecule has 1 radical (unpaired) electrons. The smallest absolute Gasteiger partial charge is 0.156 e. The molecular formula is C23H24N3. The monoisotopic (exact) mass is 342 g/mol.